The van der Waals surface area contributed by atoms with Crippen LogP contribution >= 0.6 is 0 Å². The minimum atomic E-state index is -0.639. The van der Waals surface area contributed by atoms with Gasteiger partial charge in [-0.05, 0) is 31.2 Å². The molecule has 0 spiro atoms. The van der Waals surface area contributed by atoms with Gasteiger partial charge in [0.05, 0.1) is 29.7 Å². The van der Waals surface area contributed by atoms with Gasteiger partial charge in [0.15, 0.2) is 5.78 Å². The Morgan fingerprint density at radius 2 is 2.03 bits per heavy atom. The van der Waals surface area contributed by atoms with Crippen LogP contribution in [0.3, 0.4) is 0 Å². The number of aryl methyl sites for hydroxylation is 2. The molecule has 1 saturated heterocycles. The molecule has 0 saturated carbocycles. The van der Waals surface area contributed by atoms with E-state index in [2.05, 4.69) is 4.98 Å². The Hall–Kier alpha value is -3.59. The van der Waals surface area contributed by atoms with Crippen molar-refractivity contribution in [2.24, 2.45) is 7.05 Å². The van der Waals surface area contributed by atoms with Crippen LogP contribution < -0.4 is 10.3 Å². The Labute approximate surface area is 195 Å². The molecule has 1 aliphatic heterocycles. The third-order valence-electron chi connectivity index (χ3n) is 5.87. The molecule has 1 fully saturated rings. The summed E-state index contributed by atoms with van der Waals surface area (Å²) in [6.07, 6.45) is 0.0302. The van der Waals surface area contributed by atoms with E-state index in [-0.39, 0.29) is 54.1 Å². The lowest BCUT2D eigenvalue weighted by Gasteiger charge is -2.33. The van der Waals surface area contributed by atoms with E-state index in [1.807, 2.05) is 24.3 Å². The Morgan fingerprint density at radius 1 is 1.24 bits per heavy atom. The quantitative estimate of drug-likeness (QED) is 0.496. The summed E-state index contributed by atoms with van der Waals surface area (Å²) in [6, 6.07) is 11.5. The molecule has 178 valence electrons. The number of benzene rings is 2. The molecule has 1 aliphatic rings. The minimum absolute atomic E-state index is 0.00812. The number of aromatic nitrogens is 2. The lowest BCUT2D eigenvalue weighted by molar-refractivity contribution is -0.139. The van der Waals surface area contributed by atoms with Gasteiger partial charge in [-0.2, -0.15) is 0 Å². The van der Waals surface area contributed by atoms with Gasteiger partial charge in [-0.3, -0.25) is 14.4 Å². The topological polar surface area (TPSA) is 90.7 Å². The number of fused-ring (bicyclic) bond motifs is 1. The molecular formula is C25H26FN3O5. The second-order valence-corrected chi connectivity index (χ2v) is 8.25. The highest BCUT2D eigenvalue weighted by molar-refractivity contribution is 5.94. The zero-order valence-corrected chi connectivity index (χ0v) is 19.1. The van der Waals surface area contributed by atoms with Crippen LogP contribution in [-0.2, 0) is 23.0 Å². The van der Waals surface area contributed by atoms with Gasteiger partial charge in [-0.15, -0.1) is 0 Å². The van der Waals surface area contributed by atoms with Crippen LogP contribution in [0, 0.1) is 5.82 Å². The molecule has 4 rings (SSSR count). The number of Topliss-reactive ketones (excluding diaryl/α,β-unsaturated/α-hetero) is 1. The fourth-order valence-electron chi connectivity index (χ4n) is 3.99. The molecule has 1 unspecified atom stereocenters. The van der Waals surface area contributed by atoms with Crippen LogP contribution in [0.1, 0.15) is 29.4 Å². The van der Waals surface area contributed by atoms with Crippen molar-refractivity contribution in [1.29, 1.82) is 0 Å². The Kier molecular flexibility index (Phi) is 7.02. The molecule has 1 aromatic heterocycles. The van der Waals surface area contributed by atoms with Gasteiger partial charge >= 0.3 is 0 Å². The van der Waals surface area contributed by atoms with Crippen molar-refractivity contribution in [1.82, 2.24) is 14.5 Å². The number of carbonyl (C=O) groups is 2. The third kappa shape index (κ3) is 5.14. The summed E-state index contributed by atoms with van der Waals surface area (Å²) in [5.74, 6) is -0.805. The number of carbonyl (C=O) groups excluding carboxylic acids is 2. The number of hydrogen-bond acceptors (Lipinski definition) is 6. The summed E-state index contributed by atoms with van der Waals surface area (Å²) in [6.45, 7) is 2.56. The van der Waals surface area contributed by atoms with E-state index in [4.69, 9.17) is 9.47 Å². The summed E-state index contributed by atoms with van der Waals surface area (Å²) in [4.78, 5) is 42.9. The van der Waals surface area contributed by atoms with Crippen LogP contribution in [0.25, 0.3) is 11.0 Å². The Morgan fingerprint density at radius 3 is 2.79 bits per heavy atom. The van der Waals surface area contributed by atoms with Crippen LogP contribution in [0.2, 0.25) is 0 Å². The summed E-state index contributed by atoms with van der Waals surface area (Å²) < 4.78 is 26.8. The van der Waals surface area contributed by atoms with Crippen LogP contribution in [0.15, 0.2) is 47.3 Å². The van der Waals surface area contributed by atoms with E-state index in [0.29, 0.717) is 30.9 Å². The van der Waals surface area contributed by atoms with Crippen molar-refractivity contribution in [2.45, 2.75) is 25.9 Å². The number of hydrogen-bond donors (Lipinski definition) is 0. The molecule has 8 nitrogen and oxygen atoms in total. The maximum atomic E-state index is 14.0. The number of nitrogens with zero attached hydrogens (tertiary/aromatic N) is 3. The fraction of sp³-hybridized carbons (Fsp3) is 0.360. The molecule has 3 aromatic rings. The molecule has 34 heavy (non-hydrogen) atoms. The molecule has 0 bridgehead atoms. The van der Waals surface area contributed by atoms with Crippen molar-refractivity contribution in [2.75, 3.05) is 26.3 Å². The normalized spacial score (nSPS) is 16.0. The van der Waals surface area contributed by atoms with Crippen LogP contribution in [0.5, 0.6) is 5.75 Å². The summed E-state index contributed by atoms with van der Waals surface area (Å²) in [5.41, 5.74) is 1.62. The summed E-state index contributed by atoms with van der Waals surface area (Å²) in [5, 5.41) is 0. The molecule has 0 aliphatic carbocycles. The number of ketones is 1. The number of ether oxygens (including phenoxy) is 2. The highest BCUT2D eigenvalue weighted by Gasteiger charge is 2.25. The minimum Gasteiger partial charge on any atom is -0.491 e. The predicted molar refractivity (Wildman–Crippen MR) is 124 cm³/mol. The Bertz CT molecular complexity index is 1290. The van der Waals surface area contributed by atoms with Crippen molar-refractivity contribution in [3.63, 3.8) is 0 Å². The monoisotopic (exact) mass is 467 g/mol. The molecule has 2 aromatic carbocycles. The van der Waals surface area contributed by atoms with Gasteiger partial charge in [0.1, 0.15) is 30.0 Å². The Balaban J connectivity index is 1.33. The average molecular weight is 467 g/mol. The van der Waals surface area contributed by atoms with E-state index >= 15 is 0 Å². The van der Waals surface area contributed by atoms with Crippen LogP contribution in [-0.4, -0.2) is 58.5 Å². The van der Waals surface area contributed by atoms with Crippen LogP contribution in [0.4, 0.5) is 4.39 Å². The van der Waals surface area contributed by atoms with Crippen molar-refractivity contribution in [3.8, 4) is 5.75 Å². The zero-order chi connectivity index (χ0) is 24.2. The van der Waals surface area contributed by atoms with E-state index in [0.717, 1.165) is 5.52 Å². The SMILES string of the molecule is CC(=O)c1ccc(OCC2CN(C(=O)CCc3nc4ccccc4n(C)c3=O)CCO2)cc1F. The second-order valence-electron chi connectivity index (χ2n) is 8.25. The lowest BCUT2D eigenvalue weighted by Crippen LogP contribution is -2.47. The maximum Gasteiger partial charge on any atom is 0.272 e. The smallest absolute Gasteiger partial charge is 0.272 e. The number of para-hydroxylation sites is 2. The second kappa shape index (κ2) is 10.1. The lowest BCUT2D eigenvalue weighted by atomic mass is 10.1. The molecule has 1 amide bonds. The highest BCUT2D eigenvalue weighted by Crippen LogP contribution is 2.18. The predicted octanol–water partition coefficient (Wildman–Crippen LogP) is 2.51. The van der Waals surface area contributed by atoms with Crippen molar-refractivity contribution >= 4 is 22.7 Å². The van der Waals surface area contributed by atoms with Gasteiger partial charge in [0.25, 0.3) is 5.56 Å². The molecule has 2 heterocycles. The first-order chi connectivity index (χ1) is 16.3. The standard InChI is InChI=1S/C25H26FN3O5/c1-16(30)19-8-7-17(13-20(19)26)34-15-18-14-29(11-12-33-18)24(31)10-9-22-25(32)28(2)23-6-4-3-5-21(23)27-22/h3-8,13,18H,9-12,14-15H2,1-2H3. The van der Waals surface area contributed by atoms with Crippen molar-refractivity contribution < 1.29 is 23.5 Å². The first-order valence-electron chi connectivity index (χ1n) is 11.1. The van der Waals surface area contributed by atoms with Gasteiger partial charge in [0, 0.05) is 32.5 Å². The molecule has 1 atom stereocenters. The van der Waals surface area contributed by atoms with Gasteiger partial charge in [0.2, 0.25) is 5.91 Å². The molecule has 0 N–H and O–H groups in total. The van der Waals surface area contributed by atoms with Gasteiger partial charge in [-0.1, -0.05) is 12.1 Å². The number of rotatable bonds is 7. The number of halogens is 1. The first-order valence-corrected chi connectivity index (χ1v) is 11.1. The molecule has 0 radical (unpaired) electrons. The number of amides is 1. The van der Waals surface area contributed by atoms with E-state index in [1.54, 1.807) is 16.5 Å². The summed E-state index contributed by atoms with van der Waals surface area (Å²) >= 11 is 0. The maximum absolute atomic E-state index is 14.0. The van der Waals surface area contributed by atoms with Crippen molar-refractivity contribution in [3.05, 3.63) is 69.9 Å². The molecular weight excluding hydrogens is 441 g/mol. The van der Waals surface area contributed by atoms with E-state index < -0.39 is 5.82 Å². The molecule has 9 heteroatoms. The average Bonchev–Trinajstić information content (AvgIpc) is 2.84. The fourth-order valence-corrected chi connectivity index (χ4v) is 3.99. The largest absolute Gasteiger partial charge is 0.491 e. The third-order valence-corrected chi connectivity index (χ3v) is 5.87. The van der Waals surface area contributed by atoms with E-state index in [1.165, 1.54) is 25.1 Å². The van der Waals surface area contributed by atoms with E-state index in [9.17, 15) is 18.8 Å². The first kappa shape index (κ1) is 23.6. The summed E-state index contributed by atoms with van der Waals surface area (Å²) in [7, 11) is 1.70. The highest BCUT2D eigenvalue weighted by atomic mass is 19.1. The number of morpholine rings is 1. The zero-order valence-electron chi connectivity index (χ0n) is 19.1. The van der Waals surface area contributed by atoms with Gasteiger partial charge in [-0.25, -0.2) is 9.37 Å². The van der Waals surface area contributed by atoms with Gasteiger partial charge < -0.3 is 18.9 Å².